The van der Waals surface area contributed by atoms with Gasteiger partial charge in [-0.05, 0) is 30.7 Å². The summed E-state index contributed by atoms with van der Waals surface area (Å²) in [7, 11) is -1.99. The molecule has 1 aromatic heterocycles. The van der Waals surface area contributed by atoms with Crippen molar-refractivity contribution in [2.45, 2.75) is 24.7 Å². The molecule has 0 bridgehead atoms. The standard InChI is InChI=1S/C12H16BrN5O2S/c1-8-6-10(4-5-11(8)13)21(19,20)18(3)7-9(2)12-14-16-17-15-12/h4-6,9H,7H2,1-3H3,(H,14,15,16,17). The zero-order valence-electron chi connectivity index (χ0n) is 11.9. The first-order chi connectivity index (χ1) is 9.82. The Morgan fingerprint density at radius 2 is 2.14 bits per heavy atom. The first-order valence-electron chi connectivity index (χ1n) is 6.28. The number of hydrogen-bond donors (Lipinski definition) is 1. The number of aryl methyl sites for hydroxylation is 1. The lowest BCUT2D eigenvalue weighted by molar-refractivity contribution is 0.439. The second-order valence-corrected chi connectivity index (χ2v) is 7.77. The summed E-state index contributed by atoms with van der Waals surface area (Å²) in [6.45, 7) is 3.98. The topological polar surface area (TPSA) is 91.8 Å². The van der Waals surface area contributed by atoms with Crippen molar-refractivity contribution >= 4 is 26.0 Å². The molecule has 0 saturated heterocycles. The molecule has 0 aliphatic heterocycles. The Kier molecular flexibility index (Phi) is 4.74. The highest BCUT2D eigenvalue weighted by Crippen LogP contribution is 2.23. The molecular weight excluding hydrogens is 358 g/mol. The van der Waals surface area contributed by atoms with E-state index in [0.717, 1.165) is 10.0 Å². The second kappa shape index (κ2) is 6.20. The molecule has 7 nitrogen and oxygen atoms in total. The number of tetrazole rings is 1. The number of hydrogen-bond acceptors (Lipinski definition) is 5. The van der Waals surface area contributed by atoms with E-state index in [1.165, 1.54) is 4.31 Å². The van der Waals surface area contributed by atoms with Crippen molar-refractivity contribution in [1.82, 2.24) is 24.9 Å². The number of aromatic amines is 1. The third-order valence-electron chi connectivity index (χ3n) is 3.17. The van der Waals surface area contributed by atoms with E-state index in [2.05, 4.69) is 36.6 Å². The third-order valence-corrected chi connectivity index (χ3v) is 5.88. The van der Waals surface area contributed by atoms with Crippen molar-refractivity contribution in [2.24, 2.45) is 0 Å². The minimum Gasteiger partial charge on any atom is -0.207 e. The fourth-order valence-electron chi connectivity index (χ4n) is 1.90. The fraction of sp³-hybridized carbons (Fsp3) is 0.417. The Balaban J connectivity index is 2.20. The van der Waals surface area contributed by atoms with Crippen molar-refractivity contribution in [1.29, 1.82) is 0 Å². The molecule has 0 amide bonds. The van der Waals surface area contributed by atoms with Gasteiger partial charge in [-0.15, -0.1) is 10.2 Å². The highest BCUT2D eigenvalue weighted by Gasteiger charge is 2.24. The Hall–Kier alpha value is -1.32. The van der Waals surface area contributed by atoms with Crippen LogP contribution in [0, 0.1) is 6.92 Å². The molecule has 0 aliphatic carbocycles. The van der Waals surface area contributed by atoms with E-state index in [0.29, 0.717) is 5.82 Å². The van der Waals surface area contributed by atoms with Gasteiger partial charge in [0.25, 0.3) is 0 Å². The van der Waals surface area contributed by atoms with Gasteiger partial charge in [0, 0.05) is 24.0 Å². The summed E-state index contributed by atoms with van der Waals surface area (Å²) in [5, 5.41) is 13.6. The van der Waals surface area contributed by atoms with Gasteiger partial charge in [-0.3, -0.25) is 0 Å². The highest BCUT2D eigenvalue weighted by atomic mass is 79.9. The van der Waals surface area contributed by atoms with Crippen LogP contribution in [0.15, 0.2) is 27.6 Å². The molecule has 1 heterocycles. The number of benzene rings is 1. The van der Waals surface area contributed by atoms with Gasteiger partial charge in [-0.2, -0.15) is 5.21 Å². The fourth-order valence-corrected chi connectivity index (χ4v) is 3.49. The van der Waals surface area contributed by atoms with E-state index in [-0.39, 0.29) is 17.4 Å². The molecule has 2 aromatic rings. The molecule has 0 spiro atoms. The molecule has 21 heavy (non-hydrogen) atoms. The van der Waals surface area contributed by atoms with Crippen LogP contribution in [0.4, 0.5) is 0 Å². The molecule has 0 saturated carbocycles. The average molecular weight is 374 g/mol. The number of likely N-dealkylation sites (N-methyl/N-ethyl adjacent to an activating group) is 1. The Morgan fingerprint density at radius 1 is 1.43 bits per heavy atom. The van der Waals surface area contributed by atoms with Gasteiger partial charge in [-0.1, -0.05) is 28.1 Å². The van der Waals surface area contributed by atoms with Crippen molar-refractivity contribution in [3.05, 3.63) is 34.1 Å². The third kappa shape index (κ3) is 3.47. The van der Waals surface area contributed by atoms with Crippen LogP contribution in [0.25, 0.3) is 0 Å². The molecule has 114 valence electrons. The van der Waals surface area contributed by atoms with E-state index in [9.17, 15) is 8.42 Å². The van der Waals surface area contributed by atoms with Gasteiger partial charge in [0.15, 0.2) is 5.82 Å². The van der Waals surface area contributed by atoms with E-state index in [4.69, 9.17) is 0 Å². The maximum Gasteiger partial charge on any atom is 0.242 e. The van der Waals surface area contributed by atoms with Crippen molar-refractivity contribution in [3.8, 4) is 0 Å². The summed E-state index contributed by atoms with van der Waals surface area (Å²) in [5.41, 5.74) is 0.871. The van der Waals surface area contributed by atoms with Crippen LogP contribution in [-0.4, -0.2) is 46.9 Å². The SMILES string of the molecule is Cc1cc(S(=O)(=O)N(C)CC(C)c2nn[nH]n2)ccc1Br. The van der Waals surface area contributed by atoms with Crippen LogP contribution in [0.5, 0.6) is 0 Å². The van der Waals surface area contributed by atoms with Crippen molar-refractivity contribution in [2.75, 3.05) is 13.6 Å². The predicted molar refractivity (Wildman–Crippen MR) is 81.3 cm³/mol. The number of halogens is 1. The quantitative estimate of drug-likeness (QED) is 0.860. The molecular formula is C12H16BrN5O2S. The number of rotatable bonds is 5. The molecule has 2 rings (SSSR count). The first-order valence-corrected chi connectivity index (χ1v) is 8.51. The normalized spacial score (nSPS) is 13.6. The van der Waals surface area contributed by atoms with Gasteiger partial charge in [0.05, 0.1) is 4.90 Å². The lowest BCUT2D eigenvalue weighted by Gasteiger charge is -2.20. The molecule has 1 aromatic carbocycles. The average Bonchev–Trinajstić information content (AvgIpc) is 2.95. The maximum atomic E-state index is 12.5. The van der Waals surface area contributed by atoms with Crippen molar-refractivity contribution in [3.63, 3.8) is 0 Å². The Morgan fingerprint density at radius 3 is 2.71 bits per heavy atom. The summed E-state index contributed by atoms with van der Waals surface area (Å²) in [4.78, 5) is 0.269. The minimum atomic E-state index is -3.54. The predicted octanol–water partition coefficient (Wildman–Crippen LogP) is 1.69. The minimum absolute atomic E-state index is 0.153. The number of aromatic nitrogens is 4. The van der Waals surface area contributed by atoms with Crippen molar-refractivity contribution < 1.29 is 8.42 Å². The van der Waals surface area contributed by atoms with Crippen LogP contribution in [-0.2, 0) is 10.0 Å². The molecule has 0 radical (unpaired) electrons. The summed E-state index contributed by atoms with van der Waals surface area (Å²) < 4.78 is 27.3. The van der Waals surface area contributed by atoms with E-state index in [1.54, 1.807) is 25.2 Å². The molecule has 1 unspecified atom stereocenters. The van der Waals surface area contributed by atoms with Crippen LogP contribution in [0.3, 0.4) is 0 Å². The lowest BCUT2D eigenvalue weighted by Crippen LogP contribution is -2.30. The van der Waals surface area contributed by atoms with Crippen LogP contribution < -0.4 is 0 Å². The van der Waals surface area contributed by atoms with Gasteiger partial charge in [-0.25, -0.2) is 12.7 Å². The molecule has 1 atom stereocenters. The molecule has 1 N–H and O–H groups in total. The second-order valence-electron chi connectivity index (χ2n) is 4.87. The number of sulfonamides is 1. The Labute approximate surface area is 131 Å². The summed E-state index contributed by atoms with van der Waals surface area (Å²) in [6, 6.07) is 4.97. The smallest absolute Gasteiger partial charge is 0.207 e. The number of H-pyrrole nitrogens is 1. The van der Waals surface area contributed by atoms with Crippen LogP contribution in [0.1, 0.15) is 24.2 Å². The van der Waals surface area contributed by atoms with Crippen LogP contribution >= 0.6 is 15.9 Å². The van der Waals surface area contributed by atoms with Crippen LogP contribution in [0.2, 0.25) is 0 Å². The highest BCUT2D eigenvalue weighted by molar-refractivity contribution is 9.10. The van der Waals surface area contributed by atoms with Gasteiger partial charge >= 0.3 is 0 Å². The first kappa shape index (κ1) is 16.1. The zero-order valence-corrected chi connectivity index (χ0v) is 14.3. The molecule has 0 aliphatic rings. The summed E-state index contributed by atoms with van der Waals surface area (Å²) >= 11 is 3.36. The van der Waals surface area contributed by atoms with Gasteiger partial charge < -0.3 is 0 Å². The number of nitrogens with zero attached hydrogens (tertiary/aromatic N) is 4. The largest absolute Gasteiger partial charge is 0.242 e. The van der Waals surface area contributed by atoms with Gasteiger partial charge in [0.1, 0.15) is 0 Å². The van der Waals surface area contributed by atoms with E-state index < -0.39 is 10.0 Å². The van der Waals surface area contributed by atoms with Gasteiger partial charge in [0.2, 0.25) is 10.0 Å². The Bertz CT molecular complexity index is 717. The van der Waals surface area contributed by atoms with E-state index >= 15 is 0 Å². The summed E-state index contributed by atoms with van der Waals surface area (Å²) in [6.07, 6.45) is 0. The maximum absolute atomic E-state index is 12.5. The zero-order chi connectivity index (χ0) is 15.6. The van der Waals surface area contributed by atoms with E-state index in [1.807, 2.05) is 13.8 Å². The lowest BCUT2D eigenvalue weighted by atomic mass is 10.2. The molecule has 9 heteroatoms. The summed E-state index contributed by atoms with van der Waals surface area (Å²) in [5.74, 6) is 0.337. The molecule has 0 fully saturated rings. The monoisotopic (exact) mass is 373 g/mol. The number of nitrogens with one attached hydrogen (secondary N) is 1.